The van der Waals surface area contributed by atoms with Crippen LogP contribution in [0.3, 0.4) is 0 Å². The highest BCUT2D eigenvalue weighted by Gasteiger charge is 2.21. The molecule has 1 N–H and O–H groups in total. The topological polar surface area (TPSA) is 15.3 Å². The lowest BCUT2D eigenvalue weighted by Crippen LogP contribution is -2.33. The first kappa shape index (κ1) is 13.9. The number of hydrogen-bond acceptors (Lipinski definition) is 1. The summed E-state index contributed by atoms with van der Waals surface area (Å²) in [6, 6.07) is 14.0. The van der Waals surface area contributed by atoms with Gasteiger partial charge in [0, 0.05) is 16.7 Å². The fraction of sp³-hybridized carbons (Fsp3) is 0.133. The molecule has 5 heteroatoms. The molecule has 0 spiro atoms. The van der Waals surface area contributed by atoms with Crippen molar-refractivity contribution >= 4 is 56.2 Å². The number of rotatable bonds is 1. The highest BCUT2D eigenvalue weighted by Crippen LogP contribution is 2.30. The molecule has 2 nitrogen and oxygen atoms in total. The van der Waals surface area contributed by atoms with E-state index in [4.69, 9.17) is 23.8 Å². The second-order valence-electron chi connectivity index (χ2n) is 4.58. The highest BCUT2D eigenvalue weighted by molar-refractivity contribution is 9.10. The fourth-order valence-corrected chi connectivity index (χ4v) is 3.34. The zero-order valence-corrected chi connectivity index (χ0v) is 13.7. The van der Waals surface area contributed by atoms with Crippen molar-refractivity contribution in [1.29, 1.82) is 0 Å². The van der Waals surface area contributed by atoms with E-state index < -0.39 is 0 Å². The summed E-state index contributed by atoms with van der Waals surface area (Å²) in [7, 11) is 0. The van der Waals surface area contributed by atoms with Crippen LogP contribution in [-0.2, 0) is 6.42 Å². The molecule has 0 amide bonds. The van der Waals surface area contributed by atoms with Crippen LogP contribution in [0.15, 0.2) is 46.9 Å². The van der Waals surface area contributed by atoms with Gasteiger partial charge in [0.2, 0.25) is 0 Å². The van der Waals surface area contributed by atoms with Crippen molar-refractivity contribution in [3.8, 4) is 0 Å². The number of hydrogen-bond donors (Lipinski definition) is 1. The molecule has 0 fully saturated rings. The van der Waals surface area contributed by atoms with Gasteiger partial charge in [-0.15, -0.1) is 0 Å². The Morgan fingerprint density at radius 1 is 1.25 bits per heavy atom. The largest absolute Gasteiger partial charge is 0.331 e. The number of nitrogens with one attached hydrogen (secondary N) is 1. The average molecular weight is 368 g/mol. The van der Waals surface area contributed by atoms with Crippen LogP contribution in [0.1, 0.15) is 5.56 Å². The molecular weight excluding hydrogens is 356 g/mol. The molecule has 1 aliphatic heterocycles. The van der Waals surface area contributed by atoms with Crippen LogP contribution in [0.4, 0.5) is 11.4 Å². The third-order valence-electron chi connectivity index (χ3n) is 3.31. The van der Waals surface area contributed by atoms with Gasteiger partial charge in [-0.3, -0.25) is 0 Å². The standard InChI is InChI=1S/C15H12BrClN2S/c16-11-5-6-13(12(17)9-11)18-15(20)19-8-7-10-3-1-2-4-14(10)19/h1-6,9H,7-8H2,(H,18,20). The van der Waals surface area contributed by atoms with E-state index in [1.54, 1.807) is 0 Å². The van der Waals surface area contributed by atoms with Gasteiger partial charge in [-0.05, 0) is 48.5 Å². The van der Waals surface area contributed by atoms with Gasteiger partial charge >= 0.3 is 0 Å². The smallest absolute Gasteiger partial charge is 0.178 e. The normalized spacial score (nSPS) is 13.2. The number of thiocarbonyl (C=S) groups is 1. The van der Waals surface area contributed by atoms with Gasteiger partial charge in [-0.25, -0.2) is 0 Å². The summed E-state index contributed by atoms with van der Waals surface area (Å²) < 4.78 is 0.950. The van der Waals surface area contributed by atoms with Crippen LogP contribution in [-0.4, -0.2) is 11.7 Å². The summed E-state index contributed by atoms with van der Waals surface area (Å²) in [5, 5.41) is 4.55. The maximum absolute atomic E-state index is 6.21. The van der Waals surface area contributed by atoms with Gasteiger partial charge < -0.3 is 10.2 Å². The van der Waals surface area contributed by atoms with E-state index in [1.165, 1.54) is 11.3 Å². The minimum Gasteiger partial charge on any atom is -0.331 e. The molecule has 0 saturated carbocycles. The van der Waals surface area contributed by atoms with E-state index in [1.807, 2.05) is 24.3 Å². The Morgan fingerprint density at radius 3 is 2.85 bits per heavy atom. The van der Waals surface area contributed by atoms with E-state index in [2.05, 4.69) is 44.3 Å². The summed E-state index contributed by atoms with van der Waals surface area (Å²) in [5.41, 5.74) is 3.33. The van der Waals surface area contributed by atoms with Gasteiger partial charge in [0.1, 0.15) is 0 Å². The molecule has 2 aromatic carbocycles. The quantitative estimate of drug-likeness (QED) is 0.724. The van der Waals surface area contributed by atoms with Crippen LogP contribution < -0.4 is 10.2 Å². The van der Waals surface area contributed by atoms with Crippen LogP contribution in [0.2, 0.25) is 5.02 Å². The monoisotopic (exact) mass is 366 g/mol. The SMILES string of the molecule is S=C(Nc1ccc(Br)cc1Cl)N1CCc2ccccc21. The molecule has 20 heavy (non-hydrogen) atoms. The third-order valence-corrected chi connectivity index (χ3v) is 4.43. The van der Waals surface area contributed by atoms with Gasteiger partial charge in [-0.2, -0.15) is 0 Å². The fourth-order valence-electron chi connectivity index (χ4n) is 2.32. The van der Waals surface area contributed by atoms with E-state index in [9.17, 15) is 0 Å². The van der Waals surface area contributed by atoms with Gasteiger partial charge in [0.25, 0.3) is 0 Å². The van der Waals surface area contributed by atoms with Crippen molar-refractivity contribution in [2.24, 2.45) is 0 Å². The second kappa shape index (κ2) is 5.72. The number of benzene rings is 2. The Kier molecular flexibility index (Phi) is 3.96. The first-order valence-corrected chi connectivity index (χ1v) is 7.84. The molecule has 0 aliphatic carbocycles. The predicted molar refractivity (Wildman–Crippen MR) is 92.9 cm³/mol. The van der Waals surface area contributed by atoms with E-state index in [0.29, 0.717) is 10.1 Å². The van der Waals surface area contributed by atoms with Crippen LogP contribution in [0, 0.1) is 0 Å². The minimum absolute atomic E-state index is 0.647. The highest BCUT2D eigenvalue weighted by atomic mass is 79.9. The lowest BCUT2D eigenvalue weighted by molar-refractivity contribution is 1.03. The van der Waals surface area contributed by atoms with E-state index >= 15 is 0 Å². The Bertz CT molecular complexity index is 675. The molecule has 1 aliphatic rings. The maximum atomic E-state index is 6.21. The molecule has 102 valence electrons. The lowest BCUT2D eigenvalue weighted by atomic mass is 10.2. The second-order valence-corrected chi connectivity index (χ2v) is 6.29. The zero-order chi connectivity index (χ0) is 14.1. The van der Waals surface area contributed by atoms with Crippen LogP contribution in [0.5, 0.6) is 0 Å². The molecule has 0 saturated heterocycles. The third kappa shape index (κ3) is 2.68. The summed E-state index contributed by atoms with van der Waals surface area (Å²) in [5.74, 6) is 0. The van der Waals surface area contributed by atoms with E-state index in [-0.39, 0.29) is 0 Å². The lowest BCUT2D eigenvalue weighted by Gasteiger charge is -2.21. The first-order valence-electron chi connectivity index (χ1n) is 6.26. The average Bonchev–Trinajstić information content (AvgIpc) is 2.86. The van der Waals surface area contributed by atoms with E-state index in [0.717, 1.165) is 23.1 Å². The number of para-hydroxylation sites is 1. The molecule has 0 unspecified atom stereocenters. The molecule has 0 aromatic heterocycles. The number of nitrogens with zero attached hydrogens (tertiary/aromatic N) is 1. The van der Waals surface area contributed by atoms with Crippen molar-refractivity contribution in [3.05, 3.63) is 57.5 Å². The molecule has 0 atom stereocenters. The van der Waals surface area contributed by atoms with Gasteiger partial charge in [-0.1, -0.05) is 45.7 Å². The Balaban J connectivity index is 1.81. The molecule has 3 rings (SSSR count). The number of anilines is 2. The summed E-state index contributed by atoms with van der Waals surface area (Å²) in [6.45, 7) is 0.902. The van der Waals surface area contributed by atoms with Crippen molar-refractivity contribution in [2.45, 2.75) is 6.42 Å². The number of fused-ring (bicyclic) bond motifs is 1. The molecule has 0 radical (unpaired) electrons. The Morgan fingerprint density at radius 2 is 2.05 bits per heavy atom. The predicted octanol–water partition coefficient (Wildman–Crippen LogP) is 4.86. The molecule has 2 aromatic rings. The summed E-state index contributed by atoms with van der Waals surface area (Å²) in [6.07, 6.45) is 1.02. The zero-order valence-electron chi connectivity index (χ0n) is 10.6. The maximum Gasteiger partial charge on any atom is 0.178 e. The summed E-state index contributed by atoms with van der Waals surface area (Å²) >= 11 is 15.1. The van der Waals surface area contributed by atoms with Gasteiger partial charge in [0.05, 0.1) is 10.7 Å². The van der Waals surface area contributed by atoms with Crippen molar-refractivity contribution < 1.29 is 0 Å². The molecule has 1 heterocycles. The number of halogens is 2. The van der Waals surface area contributed by atoms with Gasteiger partial charge in [0.15, 0.2) is 5.11 Å². The molecular formula is C15H12BrClN2S. The van der Waals surface area contributed by atoms with Crippen molar-refractivity contribution in [1.82, 2.24) is 0 Å². The van der Waals surface area contributed by atoms with Crippen molar-refractivity contribution in [3.63, 3.8) is 0 Å². The van der Waals surface area contributed by atoms with Crippen molar-refractivity contribution in [2.75, 3.05) is 16.8 Å². The van der Waals surface area contributed by atoms with Crippen LogP contribution in [0.25, 0.3) is 0 Å². The Labute approximate surface area is 136 Å². The molecule has 0 bridgehead atoms. The Hall–Kier alpha value is -1.10. The summed E-state index contributed by atoms with van der Waals surface area (Å²) in [4.78, 5) is 2.11. The minimum atomic E-state index is 0.647. The first-order chi connectivity index (χ1) is 9.65. The van der Waals surface area contributed by atoms with Crippen LogP contribution >= 0.6 is 39.7 Å².